The first-order valence-electron chi connectivity index (χ1n) is 6.42. The standard InChI is InChI=1S/C13H21ClN2O2S/c1-4-10(3)16-19(17,18)12-7-6-11(9-15-5-2)13(14)8-12/h6-8,10,15-16H,4-5,9H2,1-3H3. The molecule has 0 aliphatic carbocycles. The predicted molar refractivity (Wildman–Crippen MR) is 78.9 cm³/mol. The second kappa shape index (κ2) is 7.24. The average molecular weight is 305 g/mol. The molecule has 0 aliphatic heterocycles. The fourth-order valence-corrected chi connectivity index (χ4v) is 3.18. The molecule has 1 aromatic rings. The van der Waals surface area contributed by atoms with Crippen LogP contribution in [0.15, 0.2) is 23.1 Å². The lowest BCUT2D eigenvalue weighted by molar-refractivity contribution is 0.556. The molecule has 4 nitrogen and oxygen atoms in total. The highest BCUT2D eigenvalue weighted by Gasteiger charge is 2.17. The predicted octanol–water partition coefficient (Wildman–Crippen LogP) is 2.53. The molecule has 6 heteroatoms. The van der Waals surface area contributed by atoms with E-state index in [2.05, 4.69) is 10.0 Å². The van der Waals surface area contributed by atoms with E-state index in [-0.39, 0.29) is 10.9 Å². The summed E-state index contributed by atoms with van der Waals surface area (Å²) in [4.78, 5) is 0.207. The highest BCUT2D eigenvalue weighted by molar-refractivity contribution is 7.89. The first-order valence-corrected chi connectivity index (χ1v) is 8.28. The number of hydrogen-bond donors (Lipinski definition) is 2. The molecule has 0 bridgehead atoms. The van der Waals surface area contributed by atoms with E-state index >= 15 is 0 Å². The minimum absolute atomic E-state index is 0.0924. The van der Waals surface area contributed by atoms with Crippen molar-refractivity contribution in [3.63, 3.8) is 0 Å². The monoisotopic (exact) mass is 304 g/mol. The Morgan fingerprint density at radius 2 is 2.00 bits per heavy atom. The minimum atomic E-state index is -3.49. The molecule has 0 aliphatic rings. The van der Waals surface area contributed by atoms with Gasteiger partial charge in [0.05, 0.1) is 4.90 Å². The van der Waals surface area contributed by atoms with Crippen LogP contribution in [0.4, 0.5) is 0 Å². The van der Waals surface area contributed by atoms with E-state index in [0.717, 1.165) is 18.5 Å². The second-order valence-corrected chi connectivity index (χ2v) is 6.59. The Labute approximate surface area is 120 Å². The van der Waals surface area contributed by atoms with Crippen molar-refractivity contribution in [3.05, 3.63) is 28.8 Å². The number of nitrogens with one attached hydrogen (secondary N) is 2. The summed E-state index contributed by atoms with van der Waals surface area (Å²) in [5.74, 6) is 0. The minimum Gasteiger partial charge on any atom is -0.313 e. The van der Waals surface area contributed by atoms with E-state index in [1.165, 1.54) is 6.07 Å². The van der Waals surface area contributed by atoms with Crippen LogP contribution < -0.4 is 10.0 Å². The van der Waals surface area contributed by atoms with Gasteiger partial charge in [0.2, 0.25) is 10.0 Å². The molecule has 19 heavy (non-hydrogen) atoms. The van der Waals surface area contributed by atoms with Crippen molar-refractivity contribution in [3.8, 4) is 0 Å². The highest BCUT2D eigenvalue weighted by Crippen LogP contribution is 2.21. The molecule has 1 atom stereocenters. The largest absolute Gasteiger partial charge is 0.313 e. The van der Waals surface area contributed by atoms with Crippen LogP contribution in [0.2, 0.25) is 5.02 Å². The maximum atomic E-state index is 12.1. The second-order valence-electron chi connectivity index (χ2n) is 4.46. The van der Waals surface area contributed by atoms with E-state index < -0.39 is 10.0 Å². The van der Waals surface area contributed by atoms with Crippen LogP contribution in [0, 0.1) is 0 Å². The molecule has 108 valence electrons. The highest BCUT2D eigenvalue weighted by atomic mass is 35.5. The third-order valence-corrected chi connectivity index (χ3v) is 4.81. The Hall–Kier alpha value is -0.620. The Morgan fingerprint density at radius 1 is 1.32 bits per heavy atom. The van der Waals surface area contributed by atoms with Gasteiger partial charge >= 0.3 is 0 Å². The molecule has 0 heterocycles. The van der Waals surface area contributed by atoms with Crippen molar-refractivity contribution in [2.75, 3.05) is 6.54 Å². The Kier molecular flexibility index (Phi) is 6.26. The Morgan fingerprint density at radius 3 is 2.53 bits per heavy atom. The van der Waals surface area contributed by atoms with Gasteiger partial charge in [0.25, 0.3) is 0 Å². The van der Waals surface area contributed by atoms with Gasteiger partial charge in [-0.2, -0.15) is 0 Å². The first-order chi connectivity index (χ1) is 8.90. The zero-order valence-electron chi connectivity index (χ0n) is 11.5. The molecule has 1 unspecified atom stereocenters. The Balaban J connectivity index is 2.93. The molecular weight excluding hydrogens is 284 g/mol. The molecule has 0 saturated heterocycles. The van der Waals surface area contributed by atoms with Crippen molar-refractivity contribution in [1.82, 2.24) is 10.0 Å². The molecule has 0 radical (unpaired) electrons. The van der Waals surface area contributed by atoms with Crippen LogP contribution >= 0.6 is 11.6 Å². The van der Waals surface area contributed by atoms with Crippen molar-refractivity contribution in [2.24, 2.45) is 0 Å². The van der Waals surface area contributed by atoms with Crippen LogP contribution in [0.1, 0.15) is 32.8 Å². The number of sulfonamides is 1. The molecule has 2 N–H and O–H groups in total. The average Bonchev–Trinajstić information content (AvgIpc) is 2.36. The van der Waals surface area contributed by atoms with Gasteiger partial charge in [0.15, 0.2) is 0 Å². The topological polar surface area (TPSA) is 58.2 Å². The van der Waals surface area contributed by atoms with Crippen LogP contribution in [-0.2, 0) is 16.6 Å². The van der Waals surface area contributed by atoms with Gasteiger partial charge < -0.3 is 5.32 Å². The van der Waals surface area contributed by atoms with E-state index in [9.17, 15) is 8.42 Å². The van der Waals surface area contributed by atoms with Gasteiger partial charge in [-0.15, -0.1) is 0 Å². The summed E-state index contributed by atoms with van der Waals surface area (Å²) in [6.45, 7) is 7.24. The molecule has 0 fully saturated rings. The fourth-order valence-electron chi connectivity index (χ4n) is 1.51. The molecule has 0 saturated carbocycles. The smallest absolute Gasteiger partial charge is 0.240 e. The van der Waals surface area contributed by atoms with Gasteiger partial charge in [0, 0.05) is 17.6 Å². The van der Waals surface area contributed by atoms with Crippen molar-refractivity contribution in [2.45, 2.75) is 44.7 Å². The SMILES string of the molecule is CCNCc1ccc(S(=O)(=O)NC(C)CC)cc1Cl. The quantitative estimate of drug-likeness (QED) is 0.814. The van der Waals surface area contributed by atoms with Crippen molar-refractivity contribution >= 4 is 21.6 Å². The van der Waals surface area contributed by atoms with E-state index in [4.69, 9.17) is 11.6 Å². The summed E-state index contributed by atoms with van der Waals surface area (Å²) in [6.07, 6.45) is 0.742. The van der Waals surface area contributed by atoms with Crippen LogP contribution in [0.25, 0.3) is 0 Å². The van der Waals surface area contributed by atoms with Gasteiger partial charge in [-0.1, -0.05) is 31.5 Å². The van der Waals surface area contributed by atoms with E-state index in [1.54, 1.807) is 12.1 Å². The summed E-state index contributed by atoms with van der Waals surface area (Å²) in [5, 5.41) is 3.62. The van der Waals surface area contributed by atoms with Gasteiger partial charge in [-0.3, -0.25) is 0 Å². The fraction of sp³-hybridized carbons (Fsp3) is 0.538. The third-order valence-electron chi connectivity index (χ3n) is 2.87. The first kappa shape index (κ1) is 16.4. The normalized spacial score (nSPS) is 13.5. The molecule has 1 aromatic carbocycles. The molecular formula is C13H21ClN2O2S. The summed E-state index contributed by atoms with van der Waals surface area (Å²) in [6, 6.07) is 4.74. The van der Waals surface area contributed by atoms with Crippen LogP contribution in [0.3, 0.4) is 0 Å². The van der Waals surface area contributed by atoms with Gasteiger partial charge in [-0.25, -0.2) is 13.1 Å². The number of halogens is 1. The van der Waals surface area contributed by atoms with E-state index in [0.29, 0.717) is 11.6 Å². The number of rotatable bonds is 7. The van der Waals surface area contributed by atoms with Crippen LogP contribution in [0.5, 0.6) is 0 Å². The Bertz CT molecular complexity index is 517. The molecule has 1 rings (SSSR count). The summed E-state index contributed by atoms with van der Waals surface area (Å²) >= 11 is 6.11. The third kappa shape index (κ3) is 4.76. The summed E-state index contributed by atoms with van der Waals surface area (Å²) in [7, 11) is -3.49. The van der Waals surface area contributed by atoms with Gasteiger partial charge in [0.1, 0.15) is 0 Å². The number of hydrogen-bond acceptors (Lipinski definition) is 3. The zero-order chi connectivity index (χ0) is 14.5. The van der Waals surface area contributed by atoms with Crippen LogP contribution in [-0.4, -0.2) is 21.0 Å². The maximum Gasteiger partial charge on any atom is 0.240 e. The summed E-state index contributed by atoms with van der Waals surface area (Å²) in [5.41, 5.74) is 0.894. The number of benzene rings is 1. The zero-order valence-corrected chi connectivity index (χ0v) is 13.1. The molecule has 0 spiro atoms. The molecule has 0 amide bonds. The van der Waals surface area contributed by atoms with Crippen molar-refractivity contribution in [1.29, 1.82) is 0 Å². The van der Waals surface area contributed by atoms with E-state index in [1.807, 2.05) is 20.8 Å². The van der Waals surface area contributed by atoms with Gasteiger partial charge in [-0.05, 0) is 37.6 Å². The lowest BCUT2D eigenvalue weighted by Crippen LogP contribution is -2.32. The van der Waals surface area contributed by atoms with Crippen molar-refractivity contribution < 1.29 is 8.42 Å². The molecule has 0 aromatic heterocycles. The lowest BCUT2D eigenvalue weighted by atomic mass is 10.2. The summed E-state index contributed by atoms with van der Waals surface area (Å²) < 4.78 is 26.8. The lowest BCUT2D eigenvalue weighted by Gasteiger charge is -2.13. The maximum absolute atomic E-state index is 12.1.